The van der Waals surface area contributed by atoms with Gasteiger partial charge in [0.05, 0.1) is 6.04 Å². The number of rotatable bonds is 3. The topological polar surface area (TPSA) is 60.2 Å². The molecule has 4 nitrogen and oxygen atoms in total. The van der Waals surface area contributed by atoms with E-state index >= 15 is 0 Å². The molecular formula is C17H19N3O. The molecule has 0 fully saturated rings. The number of nitrogens with zero attached hydrogens (tertiary/aromatic N) is 1. The summed E-state index contributed by atoms with van der Waals surface area (Å²) in [6.45, 7) is 0. The average molecular weight is 281 g/mol. The summed E-state index contributed by atoms with van der Waals surface area (Å²) >= 11 is 0. The molecule has 0 spiro atoms. The Balaban J connectivity index is 1.60. The van der Waals surface area contributed by atoms with Gasteiger partial charge in [0, 0.05) is 24.2 Å². The number of nitrogens with two attached hydrogens (primary N) is 1. The number of pyridine rings is 1. The van der Waals surface area contributed by atoms with Crippen molar-refractivity contribution >= 4 is 0 Å². The van der Waals surface area contributed by atoms with Gasteiger partial charge in [-0.3, -0.25) is 16.3 Å². The van der Waals surface area contributed by atoms with Gasteiger partial charge < -0.3 is 4.74 Å². The highest BCUT2D eigenvalue weighted by Crippen LogP contribution is 2.38. The Morgan fingerprint density at radius 1 is 1.19 bits per heavy atom. The minimum absolute atomic E-state index is 0.0744. The Morgan fingerprint density at radius 2 is 2.05 bits per heavy atom. The Labute approximate surface area is 124 Å². The molecule has 0 saturated heterocycles. The molecule has 1 aromatic heterocycles. The highest BCUT2D eigenvalue weighted by Gasteiger charge is 2.39. The maximum absolute atomic E-state index is 6.12. The van der Waals surface area contributed by atoms with Gasteiger partial charge in [0.1, 0.15) is 11.9 Å². The minimum Gasteiger partial charge on any atom is -0.488 e. The molecule has 2 aliphatic rings. The van der Waals surface area contributed by atoms with Crippen molar-refractivity contribution in [2.45, 2.75) is 37.3 Å². The third-order valence-electron chi connectivity index (χ3n) is 4.70. The number of benzene rings is 1. The van der Waals surface area contributed by atoms with Crippen molar-refractivity contribution in [3.8, 4) is 5.75 Å². The molecule has 1 aliphatic heterocycles. The number of para-hydroxylation sites is 1. The molecular weight excluding hydrogens is 262 g/mol. The Bertz CT molecular complexity index is 633. The molecule has 1 aliphatic carbocycles. The van der Waals surface area contributed by atoms with Crippen LogP contribution in [0.25, 0.3) is 0 Å². The highest BCUT2D eigenvalue weighted by molar-refractivity contribution is 5.39. The molecule has 1 aromatic carbocycles. The summed E-state index contributed by atoms with van der Waals surface area (Å²) in [5.41, 5.74) is 6.79. The van der Waals surface area contributed by atoms with Gasteiger partial charge in [-0.25, -0.2) is 0 Å². The quantitative estimate of drug-likeness (QED) is 0.667. The second kappa shape index (κ2) is 5.13. The van der Waals surface area contributed by atoms with Crippen molar-refractivity contribution in [3.05, 3.63) is 59.4 Å². The number of fused-ring (bicyclic) bond motifs is 2. The van der Waals surface area contributed by atoms with Gasteiger partial charge in [-0.2, -0.15) is 0 Å². The highest BCUT2D eigenvalue weighted by atomic mass is 16.5. The smallest absolute Gasteiger partial charge is 0.123 e. The van der Waals surface area contributed by atoms with Gasteiger partial charge >= 0.3 is 0 Å². The molecule has 3 atom stereocenters. The summed E-state index contributed by atoms with van der Waals surface area (Å²) in [6.07, 6.45) is 5.01. The van der Waals surface area contributed by atoms with Gasteiger partial charge in [0.25, 0.3) is 0 Å². The fourth-order valence-corrected chi connectivity index (χ4v) is 3.69. The fraction of sp³-hybridized carbons (Fsp3) is 0.353. The third kappa shape index (κ3) is 2.11. The Morgan fingerprint density at radius 3 is 2.90 bits per heavy atom. The van der Waals surface area contributed by atoms with Crippen molar-refractivity contribution in [1.82, 2.24) is 10.4 Å². The van der Waals surface area contributed by atoms with Crippen LogP contribution in [0.3, 0.4) is 0 Å². The number of aromatic nitrogens is 1. The fourth-order valence-electron chi connectivity index (χ4n) is 3.69. The molecule has 108 valence electrons. The van der Waals surface area contributed by atoms with Gasteiger partial charge in [-0.15, -0.1) is 0 Å². The van der Waals surface area contributed by atoms with Crippen molar-refractivity contribution in [2.24, 2.45) is 5.84 Å². The zero-order chi connectivity index (χ0) is 14.2. The molecule has 2 heterocycles. The van der Waals surface area contributed by atoms with Gasteiger partial charge in [-0.1, -0.05) is 24.3 Å². The van der Waals surface area contributed by atoms with Gasteiger partial charge in [0.15, 0.2) is 0 Å². The molecule has 0 bridgehead atoms. The SMILES string of the molecule is NNC(C1Cc2ccccc2O1)C1CCc2cccnc21. The van der Waals surface area contributed by atoms with Crippen LogP contribution in [0.1, 0.15) is 29.2 Å². The number of hydrogen-bond acceptors (Lipinski definition) is 4. The molecule has 0 amide bonds. The lowest BCUT2D eigenvalue weighted by Gasteiger charge is -2.28. The second-order valence-electron chi connectivity index (χ2n) is 5.85. The lowest BCUT2D eigenvalue weighted by atomic mass is 9.91. The van der Waals surface area contributed by atoms with E-state index in [2.05, 4.69) is 28.6 Å². The molecule has 0 radical (unpaired) electrons. The van der Waals surface area contributed by atoms with E-state index < -0.39 is 0 Å². The first-order valence-corrected chi connectivity index (χ1v) is 7.51. The number of nitrogens with one attached hydrogen (secondary N) is 1. The molecule has 4 heteroatoms. The van der Waals surface area contributed by atoms with E-state index in [4.69, 9.17) is 10.6 Å². The Kier molecular flexibility index (Phi) is 3.13. The number of hydrogen-bond donors (Lipinski definition) is 2. The van der Waals surface area contributed by atoms with E-state index in [-0.39, 0.29) is 12.1 Å². The molecule has 4 rings (SSSR count). The molecule has 3 unspecified atom stereocenters. The molecule has 21 heavy (non-hydrogen) atoms. The number of hydrazine groups is 1. The summed E-state index contributed by atoms with van der Waals surface area (Å²) in [5, 5.41) is 0. The second-order valence-corrected chi connectivity index (χ2v) is 5.85. The van der Waals surface area contributed by atoms with E-state index in [9.17, 15) is 0 Å². The average Bonchev–Trinajstić information content (AvgIpc) is 3.13. The zero-order valence-corrected chi connectivity index (χ0v) is 11.8. The van der Waals surface area contributed by atoms with Crippen LogP contribution in [0.4, 0.5) is 0 Å². The van der Waals surface area contributed by atoms with Crippen molar-refractivity contribution in [3.63, 3.8) is 0 Å². The monoisotopic (exact) mass is 281 g/mol. The first-order chi connectivity index (χ1) is 10.4. The maximum atomic E-state index is 6.12. The van der Waals surface area contributed by atoms with Crippen molar-refractivity contribution in [2.75, 3.05) is 0 Å². The van der Waals surface area contributed by atoms with Crippen molar-refractivity contribution in [1.29, 1.82) is 0 Å². The maximum Gasteiger partial charge on any atom is 0.123 e. The van der Waals surface area contributed by atoms with Crippen LogP contribution in [0.2, 0.25) is 0 Å². The predicted octanol–water partition coefficient (Wildman–Crippen LogP) is 1.95. The summed E-state index contributed by atoms with van der Waals surface area (Å²) in [6, 6.07) is 12.5. The summed E-state index contributed by atoms with van der Waals surface area (Å²) in [7, 11) is 0. The van der Waals surface area contributed by atoms with Crippen LogP contribution < -0.4 is 16.0 Å². The van der Waals surface area contributed by atoms with Crippen molar-refractivity contribution < 1.29 is 4.74 Å². The van der Waals surface area contributed by atoms with E-state index in [1.54, 1.807) is 0 Å². The molecule has 2 aromatic rings. The zero-order valence-electron chi connectivity index (χ0n) is 11.8. The van der Waals surface area contributed by atoms with Crippen LogP contribution in [0.5, 0.6) is 5.75 Å². The lowest BCUT2D eigenvalue weighted by Crippen LogP contribution is -2.49. The van der Waals surface area contributed by atoms with Crippen LogP contribution in [0, 0.1) is 0 Å². The first kappa shape index (κ1) is 12.8. The standard InChI is InChI=1S/C17H19N3O/c18-20-17(13-8-7-11-5-3-9-19-16(11)13)15-10-12-4-1-2-6-14(12)21-15/h1-6,9,13,15,17,20H,7-8,10,18H2. The lowest BCUT2D eigenvalue weighted by molar-refractivity contribution is 0.159. The minimum atomic E-state index is 0.0744. The summed E-state index contributed by atoms with van der Waals surface area (Å²) in [4.78, 5) is 4.58. The molecule has 0 saturated carbocycles. The summed E-state index contributed by atoms with van der Waals surface area (Å²) < 4.78 is 6.12. The van der Waals surface area contributed by atoms with Gasteiger partial charge in [0.2, 0.25) is 0 Å². The molecule has 3 N–H and O–H groups in total. The largest absolute Gasteiger partial charge is 0.488 e. The number of aryl methyl sites for hydroxylation is 1. The van der Waals surface area contributed by atoms with Gasteiger partial charge in [-0.05, 0) is 36.1 Å². The predicted molar refractivity (Wildman–Crippen MR) is 81.0 cm³/mol. The first-order valence-electron chi connectivity index (χ1n) is 7.51. The Hall–Kier alpha value is -1.91. The van der Waals surface area contributed by atoms with Crippen LogP contribution >= 0.6 is 0 Å². The van der Waals surface area contributed by atoms with Crippen LogP contribution in [-0.4, -0.2) is 17.1 Å². The van der Waals surface area contributed by atoms with Crippen LogP contribution in [-0.2, 0) is 12.8 Å². The normalized spacial score (nSPS) is 24.2. The third-order valence-corrected chi connectivity index (χ3v) is 4.70. The van der Waals surface area contributed by atoms with E-state index in [0.29, 0.717) is 5.92 Å². The van der Waals surface area contributed by atoms with Crippen LogP contribution in [0.15, 0.2) is 42.6 Å². The van der Waals surface area contributed by atoms with E-state index in [1.807, 2.05) is 24.4 Å². The van der Waals surface area contributed by atoms with E-state index in [1.165, 1.54) is 16.8 Å². The van der Waals surface area contributed by atoms with E-state index in [0.717, 1.165) is 25.0 Å². The number of ether oxygens (including phenoxy) is 1. The summed E-state index contributed by atoms with van der Waals surface area (Å²) in [5.74, 6) is 7.18.